The number of ketones is 1. The number of nitrogens with zero attached hydrogens (tertiary/aromatic N) is 1. The van der Waals surface area contributed by atoms with E-state index in [1.165, 1.54) is 4.90 Å². The lowest BCUT2D eigenvalue weighted by atomic mass is 9.83. The Kier molecular flexibility index (Phi) is 12.9. The molecular weight excluding hydrogens is 634 g/mol. The topological polar surface area (TPSA) is 171 Å². The number of likely N-dealkylation sites (tertiary alicyclic amines) is 1. The van der Waals surface area contributed by atoms with E-state index in [0.717, 1.165) is 38.5 Å². The lowest BCUT2D eigenvalue weighted by Crippen LogP contribution is -2.63. The van der Waals surface area contributed by atoms with Gasteiger partial charge in [0.15, 0.2) is 9.84 Å². The van der Waals surface area contributed by atoms with E-state index in [-0.39, 0.29) is 30.7 Å². The lowest BCUT2D eigenvalue weighted by Gasteiger charge is -2.41. The molecule has 3 fully saturated rings. The molecular formula is C35H59N5O7S. The van der Waals surface area contributed by atoms with Crippen LogP contribution < -0.4 is 21.3 Å². The Bertz CT molecular complexity index is 1320. The van der Waals surface area contributed by atoms with E-state index in [1.807, 2.05) is 27.7 Å². The van der Waals surface area contributed by atoms with Crippen LogP contribution in [0, 0.1) is 11.3 Å². The average molecular weight is 694 g/mol. The number of unbranched alkanes of at least 4 members (excludes halogenated alkanes) is 1. The van der Waals surface area contributed by atoms with E-state index in [2.05, 4.69) is 27.8 Å². The minimum Gasteiger partial charge on any atom is -0.347 e. The third-order valence-corrected chi connectivity index (χ3v) is 12.6. The number of carbonyl (C=O) groups excluding carboxylic acids is 5. The number of amides is 5. The van der Waals surface area contributed by atoms with Crippen LogP contribution in [0.2, 0.25) is 0 Å². The van der Waals surface area contributed by atoms with Crippen LogP contribution in [0.3, 0.4) is 0 Å². The second kappa shape index (κ2) is 15.7. The van der Waals surface area contributed by atoms with Crippen LogP contribution >= 0.6 is 0 Å². The van der Waals surface area contributed by atoms with E-state index in [1.54, 1.807) is 26.8 Å². The van der Waals surface area contributed by atoms with E-state index < -0.39 is 73.2 Å². The molecule has 2 saturated carbocycles. The number of rotatable bonds is 14. The highest BCUT2D eigenvalue weighted by Crippen LogP contribution is 2.33. The van der Waals surface area contributed by atoms with Crippen molar-refractivity contribution < 1.29 is 32.4 Å². The fraction of sp³-hybridized carbons (Fsp3) is 0.800. The van der Waals surface area contributed by atoms with Gasteiger partial charge in [-0.15, -0.1) is 6.58 Å². The van der Waals surface area contributed by atoms with Gasteiger partial charge in [-0.3, -0.25) is 19.2 Å². The zero-order valence-electron chi connectivity index (χ0n) is 30.1. The highest BCUT2D eigenvalue weighted by atomic mass is 32.2. The van der Waals surface area contributed by atoms with Gasteiger partial charge in [-0.1, -0.05) is 65.9 Å². The van der Waals surface area contributed by atoms with Crippen LogP contribution in [-0.4, -0.2) is 89.6 Å². The number of carbonyl (C=O) groups is 5. The fourth-order valence-corrected chi connectivity index (χ4v) is 7.98. The van der Waals surface area contributed by atoms with Crippen molar-refractivity contribution >= 4 is 39.4 Å². The van der Waals surface area contributed by atoms with Crippen molar-refractivity contribution in [1.82, 2.24) is 26.2 Å². The van der Waals surface area contributed by atoms with Gasteiger partial charge in [0, 0.05) is 12.6 Å². The van der Waals surface area contributed by atoms with Crippen molar-refractivity contribution in [3.63, 3.8) is 0 Å². The van der Waals surface area contributed by atoms with E-state index in [4.69, 9.17) is 0 Å². The first-order valence-corrected chi connectivity index (χ1v) is 19.3. The molecule has 0 radical (unpaired) electrons. The molecule has 12 nitrogen and oxygen atoms in total. The molecule has 0 aromatic heterocycles. The van der Waals surface area contributed by atoms with Gasteiger partial charge in [0.05, 0.1) is 22.1 Å². The Labute approximate surface area is 287 Å². The molecule has 1 heterocycles. The monoisotopic (exact) mass is 693 g/mol. The predicted molar refractivity (Wildman–Crippen MR) is 186 cm³/mol. The summed E-state index contributed by atoms with van der Waals surface area (Å²) in [6.45, 7) is 16.4. The molecule has 0 spiro atoms. The summed E-state index contributed by atoms with van der Waals surface area (Å²) in [5.41, 5.74) is -1.74. The maximum atomic E-state index is 14.3. The van der Waals surface area contributed by atoms with Crippen molar-refractivity contribution in [2.75, 3.05) is 12.3 Å². The number of urea groups is 1. The van der Waals surface area contributed by atoms with Gasteiger partial charge in [0.2, 0.25) is 17.6 Å². The quantitative estimate of drug-likeness (QED) is 0.159. The van der Waals surface area contributed by atoms with Crippen LogP contribution in [-0.2, 0) is 29.0 Å². The van der Waals surface area contributed by atoms with E-state index >= 15 is 0 Å². The average Bonchev–Trinajstić information content (AvgIpc) is 3.69. The van der Waals surface area contributed by atoms with Gasteiger partial charge < -0.3 is 26.2 Å². The third kappa shape index (κ3) is 10.3. The second-order valence-corrected chi connectivity index (χ2v) is 18.9. The Morgan fingerprint density at radius 1 is 0.979 bits per heavy atom. The molecule has 5 amide bonds. The number of nitrogens with one attached hydrogen (secondary N) is 4. The van der Waals surface area contributed by atoms with Crippen molar-refractivity contribution in [2.45, 2.75) is 154 Å². The Hall–Kier alpha value is -2.96. The smallest absolute Gasteiger partial charge is 0.315 e. The van der Waals surface area contributed by atoms with Crippen LogP contribution in [0.5, 0.6) is 0 Å². The minimum absolute atomic E-state index is 0.00446. The van der Waals surface area contributed by atoms with E-state index in [9.17, 15) is 32.4 Å². The first kappa shape index (κ1) is 39.5. The van der Waals surface area contributed by atoms with Crippen molar-refractivity contribution in [1.29, 1.82) is 0 Å². The highest BCUT2D eigenvalue weighted by molar-refractivity contribution is 7.92. The maximum Gasteiger partial charge on any atom is 0.315 e. The van der Waals surface area contributed by atoms with Crippen LogP contribution in [0.4, 0.5) is 4.79 Å². The summed E-state index contributed by atoms with van der Waals surface area (Å²) in [4.78, 5) is 68.9. The lowest BCUT2D eigenvalue weighted by molar-refractivity contribution is -0.144. The summed E-state index contributed by atoms with van der Waals surface area (Å²) in [5, 5.41) is 11.3. The van der Waals surface area contributed by atoms with Crippen LogP contribution in [0.15, 0.2) is 12.7 Å². The van der Waals surface area contributed by atoms with Gasteiger partial charge >= 0.3 is 6.03 Å². The Morgan fingerprint density at radius 3 is 2.12 bits per heavy atom. The largest absolute Gasteiger partial charge is 0.347 e. The normalized spacial score (nSPS) is 22.6. The highest BCUT2D eigenvalue weighted by Gasteiger charge is 2.47. The molecule has 48 heavy (non-hydrogen) atoms. The zero-order valence-corrected chi connectivity index (χ0v) is 30.9. The zero-order chi connectivity index (χ0) is 36.1. The molecule has 1 aliphatic heterocycles. The van der Waals surface area contributed by atoms with Crippen molar-refractivity contribution in [3.05, 3.63) is 12.7 Å². The van der Waals surface area contributed by atoms with Gasteiger partial charge in [0.25, 0.3) is 5.91 Å². The first-order valence-electron chi connectivity index (χ1n) is 17.6. The molecule has 4 N–H and O–H groups in total. The van der Waals surface area contributed by atoms with Gasteiger partial charge in [0.1, 0.15) is 12.1 Å². The molecule has 3 rings (SSSR count). The SMILES string of the molecule is C=C[C@@H]1C[C@@H](C(=O)N[C@@H](CCCC)C(=O)C(=O)NC2CC2)N(C(=O)[C@@H](NC(=O)NC2(CS(=O)(=O)C(C)(C)C)CCCCC2)C(C)(C)C)C1. The van der Waals surface area contributed by atoms with Gasteiger partial charge in [-0.05, 0) is 70.6 Å². The minimum atomic E-state index is -3.56. The molecule has 0 aromatic rings. The summed E-state index contributed by atoms with van der Waals surface area (Å²) in [6.07, 6.45) is 8.82. The van der Waals surface area contributed by atoms with Gasteiger partial charge in [-0.25, -0.2) is 13.2 Å². The summed E-state index contributed by atoms with van der Waals surface area (Å²) in [6, 6.07) is -3.66. The number of sulfone groups is 1. The first-order chi connectivity index (χ1) is 22.2. The fourth-order valence-electron chi connectivity index (χ4n) is 6.46. The molecule has 0 bridgehead atoms. The summed E-state index contributed by atoms with van der Waals surface area (Å²) < 4.78 is 25.6. The molecule has 3 aliphatic rings. The number of Topliss-reactive ketones (excluding diaryl/α,β-unsaturated/α-hetero) is 1. The summed E-state index contributed by atoms with van der Waals surface area (Å²) in [7, 11) is -3.56. The molecule has 1 saturated heterocycles. The van der Waals surface area contributed by atoms with Crippen molar-refractivity contribution in [2.24, 2.45) is 11.3 Å². The molecule has 272 valence electrons. The maximum absolute atomic E-state index is 14.3. The van der Waals surface area contributed by atoms with Crippen LogP contribution in [0.1, 0.15) is 119 Å². The second-order valence-electron chi connectivity index (χ2n) is 16.2. The molecule has 4 atom stereocenters. The summed E-state index contributed by atoms with van der Waals surface area (Å²) in [5.74, 6) is -2.81. The molecule has 13 heteroatoms. The van der Waals surface area contributed by atoms with E-state index in [0.29, 0.717) is 25.7 Å². The standard InChI is InChI=1S/C35H59N5O7S/c1-9-11-15-25(27(41)30(43)36-24-16-17-24)37-29(42)26-20-23(10-2)21-40(26)31(44)28(33(3,4)5)38-32(45)39-35(18-13-12-14-19-35)22-48(46,47)34(6,7)8/h10,23-26,28H,2,9,11-22H2,1,3-8H3,(H,36,43)(H,37,42)(H2,38,39,45)/t23-,25+,26+,28-/m1/s1. The predicted octanol–water partition coefficient (Wildman–Crippen LogP) is 3.54. The molecule has 2 aliphatic carbocycles. The Morgan fingerprint density at radius 2 is 1.60 bits per heavy atom. The number of hydrogen-bond acceptors (Lipinski definition) is 7. The van der Waals surface area contributed by atoms with Crippen LogP contribution in [0.25, 0.3) is 0 Å². The number of hydrogen-bond donors (Lipinski definition) is 4. The Balaban J connectivity index is 1.82. The van der Waals surface area contributed by atoms with Crippen molar-refractivity contribution in [3.8, 4) is 0 Å². The summed E-state index contributed by atoms with van der Waals surface area (Å²) >= 11 is 0. The molecule has 0 unspecified atom stereocenters. The van der Waals surface area contributed by atoms with Gasteiger partial charge in [-0.2, -0.15) is 0 Å². The molecule has 0 aromatic carbocycles. The third-order valence-electron chi connectivity index (χ3n) is 9.85.